The predicted molar refractivity (Wildman–Crippen MR) is 128 cm³/mol. The van der Waals surface area contributed by atoms with E-state index >= 15 is 0 Å². The number of rotatable bonds is 12. The maximum absolute atomic E-state index is 11.5. The van der Waals surface area contributed by atoms with Gasteiger partial charge < -0.3 is 9.84 Å². The smallest absolute Gasteiger partial charge is 0.373 e. The van der Waals surface area contributed by atoms with E-state index in [2.05, 4.69) is 35.9 Å². The molecular weight excluding hydrogens is 400 g/mol. The van der Waals surface area contributed by atoms with Crippen LogP contribution < -0.4 is 4.74 Å². The lowest BCUT2D eigenvalue weighted by atomic mass is 9.98. The first-order chi connectivity index (χ1) is 15.6. The lowest BCUT2D eigenvalue weighted by molar-refractivity contribution is 0.0683. The van der Waals surface area contributed by atoms with Crippen molar-refractivity contribution in [1.82, 2.24) is 9.97 Å². The molecule has 168 valence electrons. The molecule has 3 rings (SSSR count). The van der Waals surface area contributed by atoms with E-state index in [1.54, 1.807) is 6.20 Å². The summed E-state index contributed by atoms with van der Waals surface area (Å²) < 4.78 is 5.81. The molecule has 5 heteroatoms. The van der Waals surface area contributed by atoms with Crippen LogP contribution >= 0.6 is 0 Å². The first-order valence-corrected chi connectivity index (χ1v) is 11.5. The van der Waals surface area contributed by atoms with Crippen LogP contribution in [0.3, 0.4) is 0 Å². The summed E-state index contributed by atoms with van der Waals surface area (Å²) in [6, 6.07) is 16.1. The summed E-state index contributed by atoms with van der Waals surface area (Å²) in [6.45, 7) is 5.08. The summed E-state index contributed by atoms with van der Waals surface area (Å²) in [4.78, 5) is 19.9. The first-order valence-electron chi connectivity index (χ1n) is 11.5. The number of carboxylic acid groups (broad SMARTS) is 1. The van der Waals surface area contributed by atoms with Crippen LogP contribution in [0.4, 0.5) is 0 Å². The fraction of sp³-hybridized carbons (Fsp3) is 0.370. The summed E-state index contributed by atoms with van der Waals surface area (Å²) in [5, 5.41) is 9.40. The Kier molecular flexibility index (Phi) is 8.79. The number of carboxylic acids is 1. The highest BCUT2D eigenvalue weighted by Crippen LogP contribution is 2.31. The molecule has 1 N–H and O–H groups in total. The highest BCUT2D eigenvalue weighted by Gasteiger charge is 2.15. The summed E-state index contributed by atoms with van der Waals surface area (Å²) in [6.07, 6.45) is 9.60. The van der Waals surface area contributed by atoms with Crippen molar-refractivity contribution in [3.8, 4) is 28.1 Å². The molecule has 0 fully saturated rings. The van der Waals surface area contributed by atoms with Crippen LogP contribution in [0.1, 0.15) is 68.6 Å². The van der Waals surface area contributed by atoms with E-state index in [4.69, 9.17) is 4.74 Å². The minimum Gasteiger partial charge on any atom is -0.494 e. The SMILES string of the molecule is CCCCCOc1ccc(-c2cnc(C(=O)O)nc2-c2ccc(CCCCC)cc2)cc1. The molecule has 32 heavy (non-hydrogen) atoms. The van der Waals surface area contributed by atoms with Crippen molar-refractivity contribution in [2.24, 2.45) is 0 Å². The molecule has 0 aliphatic carbocycles. The van der Waals surface area contributed by atoms with E-state index in [9.17, 15) is 9.90 Å². The van der Waals surface area contributed by atoms with E-state index in [1.807, 2.05) is 36.4 Å². The number of hydrogen-bond acceptors (Lipinski definition) is 4. The molecule has 0 saturated carbocycles. The van der Waals surface area contributed by atoms with Gasteiger partial charge in [-0.15, -0.1) is 0 Å². The van der Waals surface area contributed by atoms with Crippen molar-refractivity contribution in [2.75, 3.05) is 6.61 Å². The zero-order valence-electron chi connectivity index (χ0n) is 19.0. The van der Waals surface area contributed by atoms with Crippen LogP contribution in [0.25, 0.3) is 22.4 Å². The number of unbranched alkanes of at least 4 members (excludes halogenated alkanes) is 4. The van der Waals surface area contributed by atoms with Crippen molar-refractivity contribution in [3.63, 3.8) is 0 Å². The first kappa shape index (κ1) is 23.5. The van der Waals surface area contributed by atoms with Gasteiger partial charge in [-0.2, -0.15) is 0 Å². The van der Waals surface area contributed by atoms with Gasteiger partial charge in [0.15, 0.2) is 0 Å². The highest BCUT2D eigenvalue weighted by atomic mass is 16.5. The second-order valence-corrected chi connectivity index (χ2v) is 8.00. The minimum absolute atomic E-state index is 0.202. The molecule has 0 saturated heterocycles. The van der Waals surface area contributed by atoms with E-state index in [0.717, 1.165) is 48.1 Å². The van der Waals surface area contributed by atoms with Crippen molar-refractivity contribution in [3.05, 3.63) is 66.1 Å². The van der Waals surface area contributed by atoms with Crippen LogP contribution in [-0.4, -0.2) is 27.7 Å². The number of carbonyl (C=O) groups is 1. The Balaban J connectivity index is 1.86. The number of nitrogens with zero attached hydrogens (tertiary/aromatic N) is 2. The maximum Gasteiger partial charge on any atom is 0.373 e. The number of hydrogen-bond donors (Lipinski definition) is 1. The lowest BCUT2D eigenvalue weighted by Crippen LogP contribution is -2.06. The van der Waals surface area contributed by atoms with Gasteiger partial charge in [0.05, 0.1) is 12.3 Å². The Morgan fingerprint density at radius 3 is 2.19 bits per heavy atom. The van der Waals surface area contributed by atoms with Crippen molar-refractivity contribution >= 4 is 5.97 Å². The molecule has 0 bridgehead atoms. The van der Waals surface area contributed by atoms with Gasteiger partial charge in [-0.25, -0.2) is 14.8 Å². The molecule has 2 aromatic carbocycles. The van der Waals surface area contributed by atoms with Crippen molar-refractivity contribution in [2.45, 2.75) is 58.8 Å². The zero-order chi connectivity index (χ0) is 22.8. The van der Waals surface area contributed by atoms with Crippen LogP contribution in [0, 0.1) is 0 Å². The number of benzene rings is 2. The monoisotopic (exact) mass is 432 g/mol. The predicted octanol–water partition coefficient (Wildman–Crippen LogP) is 6.81. The van der Waals surface area contributed by atoms with E-state index in [1.165, 1.54) is 24.8 Å². The molecule has 3 aromatic rings. The number of aromatic nitrogens is 2. The van der Waals surface area contributed by atoms with Crippen LogP contribution in [-0.2, 0) is 6.42 Å². The molecule has 0 aliphatic heterocycles. The third-order valence-electron chi connectivity index (χ3n) is 5.46. The average molecular weight is 433 g/mol. The molecule has 1 aromatic heterocycles. The third-order valence-corrected chi connectivity index (χ3v) is 5.46. The zero-order valence-corrected chi connectivity index (χ0v) is 19.0. The second kappa shape index (κ2) is 12.0. The topological polar surface area (TPSA) is 72.3 Å². The highest BCUT2D eigenvalue weighted by molar-refractivity contribution is 5.87. The van der Waals surface area contributed by atoms with Gasteiger partial charge in [-0.05, 0) is 42.5 Å². The summed E-state index contributed by atoms with van der Waals surface area (Å²) in [5.74, 6) is -0.512. The summed E-state index contributed by atoms with van der Waals surface area (Å²) in [7, 11) is 0. The largest absolute Gasteiger partial charge is 0.494 e. The normalized spacial score (nSPS) is 10.8. The molecular formula is C27H32N2O3. The van der Waals surface area contributed by atoms with Crippen LogP contribution in [0.15, 0.2) is 54.7 Å². The molecule has 5 nitrogen and oxygen atoms in total. The Hall–Kier alpha value is -3.21. The summed E-state index contributed by atoms with van der Waals surface area (Å²) >= 11 is 0. The van der Waals surface area contributed by atoms with Gasteiger partial charge in [0.2, 0.25) is 5.82 Å². The van der Waals surface area contributed by atoms with E-state index in [-0.39, 0.29) is 5.82 Å². The third kappa shape index (κ3) is 6.39. The number of ether oxygens (including phenoxy) is 1. The van der Waals surface area contributed by atoms with Crippen LogP contribution in [0.2, 0.25) is 0 Å². The molecule has 1 heterocycles. The fourth-order valence-corrected chi connectivity index (χ4v) is 3.60. The Morgan fingerprint density at radius 2 is 1.53 bits per heavy atom. The van der Waals surface area contributed by atoms with Crippen LogP contribution in [0.5, 0.6) is 5.75 Å². The molecule has 0 unspecified atom stereocenters. The van der Waals surface area contributed by atoms with Gasteiger partial charge in [0, 0.05) is 17.3 Å². The van der Waals surface area contributed by atoms with Crippen molar-refractivity contribution in [1.29, 1.82) is 0 Å². The van der Waals surface area contributed by atoms with Gasteiger partial charge in [0.1, 0.15) is 5.75 Å². The number of aryl methyl sites for hydroxylation is 1. The average Bonchev–Trinajstić information content (AvgIpc) is 2.82. The lowest BCUT2D eigenvalue weighted by Gasteiger charge is -2.12. The molecule has 0 spiro atoms. The Labute approximate surface area is 190 Å². The molecule has 0 radical (unpaired) electrons. The Bertz CT molecular complexity index is 998. The quantitative estimate of drug-likeness (QED) is 0.318. The van der Waals surface area contributed by atoms with Gasteiger partial charge >= 0.3 is 5.97 Å². The van der Waals surface area contributed by atoms with Crippen molar-refractivity contribution < 1.29 is 14.6 Å². The number of aromatic carboxylic acids is 1. The molecule has 0 atom stereocenters. The molecule has 0 aliphatic rings. The summed E-state index contributed by atoms with van der Waals surface area (Å²) in [5.41, 5.74) is 4.50. The van der Waals surface area contributed by atoms with E-state index < -0.39 is 5.97 Å². The maximum atomic E-state index is 11.5. The van der Waals surface area contributed by atoms with Gasteiger partial charge in [-0.1, -0.05) is 75.9 Å². The van der Waals surface area contributed by atoms with E-state index in [0.29, 0.717) is 12.3 Å². The molecule has 0 amide bonds. The fourth-order valence-electron chi connectivity index (χ4n) is 3.60. The second-order valence-electron chi connectivity index (χ2n) is 8.00. The van der Waals surface area contributed by atoms with Gasteiger partial charge in [0.25, 0.3) is 0 Å². The standard InChI is InChI=1S/C27H32N2O3/c1-3-5-7-9-20-10-12-22(13-11-20)25-24(19-28-26(29-25)27(30)31)21-14-16-23(17-15-21)32-18-8-6-4-2/h10-17,19H,3-9,18H2,1-2H3,(H,30,31). The Morgan fingerprint density at radius 1 is 0.875 bits per heavy atom. The minimum atomic E-state index is -1.13. The van der Waals surface area contributed by atoms with Gasteiger partial charge in [-0.3, -0.25) is 0 Å².